The molecule has 0 fully saturated rings. The van der Waals surface area contributed by atoms with Crippen LogP contribution in [0.3, 0.4) is 0 Å². The molecule has 0 saturated heterocycles. The van der Waals surface area contributed by atoms with E-state index in [-0.39, 0.29) is 6.09 Å². The fourth-order valence-electron chi connectivity index (χ4n) is 2.48. The first kappa shape index (κ1) is 16.7. The quantitative estimate of drug-likeness (QED) is 0.834. The number of thiazole rings is 1. The van der Waals surface area contributed by atoms with Crippen LogP contribution in [0.15, 0.2) is 24.7 Å². The first-order chi connectivity index (χ1) is 11.3. The molecule has 6 nitrogen and oxygen atoms in total. The van der Waals surface area contributed by atoms with Gasteiger partial charge in [-0.25, -0.2) is 14.8 Å². The van der Waals surface area contributed by atoms with Crippen LogP contribution in [0, 0.1) is 0 Å². The Bertz CT molecular complexity index is 770. The fourth-order valence-corrected chi connectivity index (χ4v) is 3.51. The predicted molar refractivity (Wildman–Crippen MR) is 94.7 cm³/mol. The van der Waals surface area contributed by atoms with E-state index in [1.54, 1.807) is 22.4 Å². The van der Waals surface area contributed by atoms with Gasteiger partial charge in [-0.2, -0.15) is 0 Å². The standard InChI is InChI=1S/C17H22N4O2S/c1-17(2,3)23-16(22)21-8-5-12(6-9-21)15-19-11-13(24-15)14-18-7-10-20(14)4/h5,7,10-11H,6,8-9H2,1-4H3. The zero-order valence-corrected chi connectivity index (χ0v) is 15.3. The van der Waals surface area contributed by atoms with Gasteiger partial charge in [0.1, 0.15) is 10.6 Å². The molecular weight excluding hydrogens is 324 g/mol. The summed E-state index contributed by atoms with van der Waals surface area (Å²) in [7, 11) is 1.97. The minimum absolute atomic E-state index is 0.259. The number of nitrogens with zero attached hydrogens (tertiary/aromatic N) is 4. The number of amides is 1. The van der Waals surface area contributed by atoms with Crippen LogP contribution in [-0.2, 0) is 11.8 Å². The molecular formula is C17H22N4O2S. The zero-order chi connectivity index (χ0) is 17.3. The number of aryl methyl sites for hydroxylation is 1. The summed E-state index contributed by atoms with van der Waals surface area (Å²) in [5, 5.41) is 0.997. The van der Waals surface area contributed by atoms with Crippen LogP contribution >= 0.6 is 11.3 Å². The molecule has 0 unspecified atom stereocenters. The highest BCUT2D eigenvalue weighted by Gasteiger charge is 2.24. The highest BCUT2D eigenvalue weighted by molar-refractivity contribution is 7.16. The van der Waals surface area contributed by atoms with Crippen molar-refractivity contribution in [2.24, 2.45) is 7.05 Å². The maximum atomic E-state index is 12.1. The van der Waals surface area contributed by atoms with Gasteiger partial charge in [0.25, 0.3) is 0 Å². The van der Waals surface area contributed by atoms with E-state index in [1.807, 2.05) is 44.8 Å². The van der Waals surface area contributed by atoms with Gasteiger partial charge in [0.15, 0.2) is 5.82 Å². The van der Waals surface area contributed by atoms with Gasteiger partial charge in [-0.05, 0) is 32.8 Å². The molecule has 3 heterocycles. The largest absolute Gasteiger partial charge is 0.444 e. The van der Waals surface area contributed by atoms with Gasteiger partial charge in [-0.3, -0.25) is 0 Å². The average molecular weight is 346 g/mol. The lowest BCUT2D eigenvalue weighted by Gasteiger charge is -2.29. The van der Waals surface area contributed by atoms with Gasteiger partial charge >= 0.3 is 6.09 Å². The van der Waals surface area contributed by atoms with Crippen molar-refractivity contribution in [1.29, 1.82) is 0 Å². The maximum Gasteiger partial charge on any atom is 0.410 e. The summed E-state index contributed by atoms with van der Waals surface area (Å²) in [5.74, 6) is 0.922. The zero-order valence-electron chi connectivity index (χ0n) is 14.4. The second-order valence-corrected chi connectivity index (χ2v) is 7.83. The summed E-state index contributed by atoms with van der Waals surface area (Å²) in [6, 6.07) is 0. The van der Waals surface area contributed by atoms with E-state index in [1.165, 1.54) is 5.57 Å². The van der Waals surface area contributed by atoms with Gasteiger partial charge < -0.3 is 14.2 Å². The summed E-state index contributed by atoms with van der Waals surface area (Å²) in [4.78, 5) is 23.8. The smallest absolute Gasteiger partial charge is 0.410 e. The van der Waals surface area contributed by atoms with E-state index in [0.717, 1.165) is 22.1 Å². The van der Waals surface area contributed by atoms with Crippen molar-refractivity contribution in [2.45, 2.75) is 32.8 Å². The highest BCUT2D eigenvalue weighted by Crippen LogP contribution is 2.31. The third-order valence-corrected chi connectivity index (χ3v) is 4.75. The van der Waals surface area contributed by atoms with Crippen molar-refractivity contribution >= 4 is 23.0 Å². The number of hydrogen-bond acceptors (Lipinski definition) is 5. The number of carbonyl (C=O) groups is 1. The molecule has 0 aromatic carbocycles. The molecule has 1 aliphatic heterocycles. The normalized spacial score (nSPS) is 15.3. The second kappa shape index (κ2) is 6.39. The Kier molecular flexibility index (Phi) is 4.45. The Labute approximate surface area is 145 Å². The summed E-state index contributed by atoms with van der Waals surface area (Å²) >= 11 is 1.63. The van der Waals surface area contributed by atoms with E-state index in [0.29, 0.717) is 13.1 Å². The molecule has 1 amide bonds. The molecule has 24 heavy (non-hydrogen) atoms. The summed E-state index contributed by atoms with van der Waals surface area (Å²) in [6.45, 7) is 6.85. The van der Waals surface area contributed by atoms with Crippen LogP contribution in [0.2, 0.25) is 0 Å². The number of hydrogen-bond donors (Lipinski definition) is 0. The summed E-state index contributed by atoms with van der Waals surface area (Å²) in [6.07, 6.45) is 8.16. The van der Waals surface area contributed by atoms with Gasteiger partial charge in [0.2, 0.25) is 0 Å². The lowest BCUT2D eigenvalue weighted by atomic mass is 10.1. The number of carbonyl (C=O) groups excluding carboxylic acids is 1. The topological polar surface area (TPSA) is 60.2 Å². The first-order valence-electron chi connectivity index (χ1n) is 7.94. The molecule has 0 aliphatic carbocycles. The highest BCUT2D eigenvalue weighted by atomic mass is 32.1. The van der Waals surface area contributed by atoms with E-state index < -0.39 is 5.60 Å². The number of ether oxygens (including phenoxy) is 1. The predicted octanol–water partition coefficient (Wildman–Crippen LogP) is 3.57. The van der Waals surface area contributed by atoms with Crippen LogP contribution < -0.4 is 0 Å². The molecule has 2 aromatic rings. The van der Waals surface area contributed by atoms with Crippen LogP contribution in [0.25, 0.3) is 16.3 Å². The number of imidazole rings is 1. The van der Waals surface area contributed by atoms with Crippen LogP contribution in [0.5, 0.6) is 0 Å². The minimum Gasteiger partial charge on any atom is -0.444 e. The third kappa shape index (κ3) is 3.67. The molecule has 3 rings (SSSR count). The Balaban J connectivity index is 1.69. The van der Waals surface area contributed by atoms with Gasteiger partial charge in [-0.1, -0.05) is 6.08 Å². The average Bonchev–Trinajstić information content (AvgIpc) is 3.14. The first-order valence-corrected chi connectivity index (χ1v) is 8.76. The molecule has 0 saturated carbocycles. The molecule has 0 spiro atoms. The van der Waals surface area contributed by atoms with Gasteiger partial charge in [-0.15, -0.1) is 11.3 Å². The molecule has 0 atom stereocenters. The van der Waals surface area contributed by atoms with Crippen LogP contribution in [-0.4, -0.2) is 44.2 Å². The summed E-state index contributed by atoms with van der Waals surface area (Å²) in [5.41, 5.74) is 0.716. The van der Waals surface area contributed by atoms with E-state index in [2.05, 4.69) is 16.0 Å². The molecule has 0 bridgehead atoms. The molecule has 7 heteroatoms. The summed E-state index contributed by atoms with van der Waals surface area (Å²) < 4.78 is 7.40. The number of rotatable bonds is 2. The minimum atomic E-state index is -0.465. The Hall–Kier alpha value is -2.15. The van der Waals surface area contributed by atoms with Crippen molar-refractivity contribution in [3.05, 3.63) is 29.7 Å². The fraction of sp³-hybridized carbons (Fsp3) is 0.471. The maximum absolute atomic E-state index is 12.1. The lowest BCUT2D eigenvalue weighted by molar-refractivity contribution is 0.0270. The SMILES string of the molecule is Cn1ccnc1-c1cnc(C2=CCN(C(=O)OC(C)(C)C)CC2)s1. The monoisotopic (exact) mass is 346 g/mol. The van der Waals surface area contributed by atoms with Crippen LogP contribution in [0.1, 0.15) is 32.2 Å². The van der Waals surface area contributed by atoms with E-state index >= 15 is 0 Å². The molecule has 0 N–H and O–H groups in total. The van der Waals surface area contributed by atoms with Crippen molar-refractivity contribution in [3.8, 4) is 10.7 Å². The Morgan fingerprint density at radius 1 is 1.33 bits per heavy atom. The molecule has 1 aliphatic rings. The third-order valence-electron chi connectivity index (χ3n) is 3.68. The molecule has 2 aromatic heterocycles. The van der Waals surface area contributed by atoms with Gasteiger partial charge in [0.05, 0.1) is 4.88 Å². The molecule has 0 radical (unpaired) electrons. The molecule has 128 valence electrons. The lowest BCUT2D eigenvalue weighted by Crippen LogP contribution is -2.39. The van der Waals surface area contributed by atoms with Crippen molar-refractivity contribution < 1.29 is 9.53 Å². The van der Waals surface area contributed by atoms with Crippen molar-refractivity contribution in [1.82, 2.24) is 19.4 Å². The van der Waals surface area contributed by atoms with Crippen molar-refractivity contribution in [3.63, 3.8) is 0 Å². The van der Waals surface area contributed by atoms with Crippen LogP contribution in [0.4, 0.5) is 4.79 Å². The Morgan fingerprint density at radius 3 is 2.71 bits per heavy atom. The van der Waals surface area contributed by atoms with Crippen molar-refractivity contribution in [2.75, 3.05) is 13.1 Å². The second-order valence-electron chi connectivity index (χ2n) is 6.80. The Morgan fingerprint density at radius 2 is 2.12 bits per heavy atom. The van der Waals surface area contributed by atoms with E-state index in [4.69, 9.17) is 4.74 Å². The van der Waals surface area contributed by atoms with E-state index in [9.17, 15) is 4.79 Å². The number of aromatic nitrogens is 3. The van der Waals surface area contributed by atoms with Gasteiger partial charge in [0, 0.05) is 38.7 Å².